The third kappa shape index (κ3) is 5.78. The lowest BCUT2D eigenvalue weighted by Gasteiger charge is -2.31. The molecule has 5 atom stereocenters. The van der Waals surface area contributed by atoms with Crippen LogP contribution in [0.2, 0.25) is 0 Å². The van der Waals surface area contributed by atoms with Gasteiger partial charge in [-0.05, 0) is 38.5 Å². The Morgan fingerprint density at radius 3 is 2.22 bits per heavy atom. The topological polar surface area (TPSA) is 89.5 Å². The number of rotatable bonds is 7. The molecule has 11 heteroatoms. The van der Waals surface area contributed by atoms with Gasteiger partial charge in [-0.25, -0.2) is 4.18 Å². The molecule has 0 radical (unpaired) electrons. The second-order valence-corrected chi connectivity index (χ2v) is 8.56. The van der Waals surface area contributed by atoms with Gasteiger partial charge in [0.05, 0.1) is 12.9 Å². The van der Waals surface area contributed by atoms with E-state index in [4.69, 9.17) is 23.7 Å². The van der Waals surface area contributed by atoms with Gasteiger partial charge in [0, 0.05) is 13.2 Å². The second-order valence-electron chi connectivity index (χ2n) is 6.96. The van der Waals surface area contributed by atoms with Crippen LogP contribution in [0, 0.1) is 0 Å². The van der Waals surface area contributed by atoms with Gasteiger partial charge >= 0.3 is 5.92 Å². The largest absolute Gasteiger partial charge is 0.353 e. The zero-order valence-corrected chi connectivity index (χ0v) is 16.0. The fourth-order valence-electron chi connectivity index (χ4n) is 3.28. The van der Waals surface area contributed by atoms with E-state index in [1.54, 1.807) is 0 Å². The average Bonchev–Trinajstić information content (AvgIpc) is 2.84. The summed E-state index contributed by atoms with van der Waals surface area (Å²) in [7, 11) is -4.15. The molecule has 3 rings (SSSR count). The number of hydrogen-bond donors (Lipinski definition) is 0. The van der Waals surface area contributed by atoms with Crippen LogP contribution in [0.3, 0.4) is 0 Å². The minimum atomic E-state index is -4.15. The molecule has 158 valence electrons. The van der Waals surface area contributed by atoms with Crippen LogP contribution in [0.5, 0.6) is 0 Å². The first kappa shape index (κ1) is 21.3. The number of alkyl halides is 2. The van der Waals surface area contributed by atoms with Gasteiger partial charge in [-0.2, -0.15) is 17.2 Å². The normalized spacial score (nSPS) is 37.4. The highest BCUT2D eigenvalue weighted by Crippen LogP contribution is 2.41. The van der Waals surface area contributed by atoms with E-state index in [0.29, 0.717) is 32.3 Å². The van der Waals surface area contributed by atoms with Crippen LogP contribution < -0.4 is 0 Å². The van der Waals surface area contributed by atoms with Gasteiger partial charge in [0.25, 0.3) is 10.1 Å². The zero-order chi connectivity index (χ0) is 19.5. The lowest BCUT2D eigenvalue weighted by atomic mass is 10.1. The van der Waals surface area contributed by atoms with Crippen molar-refractivity contribution < 1.29 is 45.1 Å². The third-order valence-electron chi connectivity index (χ3n) is 4.61. The molecule has 0 aromatic heterocycles. The average molecular weight is 416 g/mol. The Balaban J connectivity index is 1.68. The maximum absolute atomic E-state index is 14.8. The number of ether oxygens (including phenoxy) is 5. The Morgan fingerprint density at radius 2 is 1.67 bits per heavy atom. The maximum atomic E-state index is 14.8. The molecule has 3 aliphatic heterocycles. The number of halogens is 2. The zero-order valence-electron chi connectivity index (χ0n) is 15.2. The van der Waals surface area contributed by atoms with Crippen molar-refractivity contribution in [2.75, 3.05) is 26.1 Å². The molecule has 0 aromatic rings. The molecule has 0 N–H and O–H groups in total. The molecule has 3 saturated heterocycles. The molecule has 0 saturated carbocycles. The van der Waals surface area contributed by atoms with Crippen LogP contribution >= 0.6 is 0 Å². The summed E-state index contributed by atoms with van der Waals surface area (Å²) in [6.07, 6.45) is -1.26. The van der Waals surface area contributed by atoms with Gasteiger partial charge in [-0.15, -0.1) is 0 Å². The summed E-state index contributed by atoms with van der Waals surface area (Å²) in [4.78, 5) is 0. The highest BCUT2D eigenvalue weighted by Gasteiger charge is 2.62. The van der Waals surface area contributed by atoms with E-state index < -0.39 is 47.1 Å². The van der Waals surface area contributed by atoms with E-state index in [1.807, 2.05) is 0 Å². The highest BCUT2D eigenvalue weighted by molar-refractivity contribution is 7.86. The smallest absolute Gasteiger partial charge is 0.327 e. The van der Waals surface area contributed by atoms with Gasteiger partial charge in [0.1, 0.15) is 6.10 Å². The second kappa shape index (κ2) is 8.93. The number of hydrogen-bond acceptors (Lipinski definition) is 8. The van der Waals surface area contributed by atoms with Crippen LogP contribution in [-0.2, 0) is 38.0 Å². The molecule has 0 amide bonds. The summed E-state index contributed by atoms with van der Waals surface area (Å²) in [6, 6.07) is 0. The summed E-state index contributed by atoms with van der Waals surface area (Å²) < 4.78 is 83.7. The molecule has 3 heterocycles. The standard InChI is InChI=1S/C16H26F2O8S/c1-27(19,20)26-15-16(17,18)14(25-13-7-3-5-9-22-13)11(24-15)10-23-12-6-2-4-8-21-12/h11-15H,2-10H2,1H3. The minimum absolute atomic E-state index is 0.235. The Kier molecular flexibility index (Phi) is 7.04. The fraction of sp³-hybridized carbons (Fsp3) is 1.00. The Labute approximate surface area is 157 Å². The maximum Gasteiger partial charge on any atom is 0.327 e. The minimum Gasteiger partial charge on any atom is -0.353 e. The molecule has 27 heavy (non-hydrogen) atoms. The van der Waals surface area contributed by atoms with Crippen molar-refractivity contribution >= 4 is 10.1 Å². The fourth-order valence-corrected chi connectivity index (χ4v) is 3.77. The van der Waals surface area contributed by atoms with Crippen molar-refractivity contribution in [2.24, 2.45) is 0 Å². The summed E-state index contributed by atoms with van der Waals surface area (Å²) in [5, 5.41) is 0. The van der Waals surface area contributed by atoms with E-state index >= 15 is 0 Å². The molecular weight excluding hydrogens is 390 g/mol. The van der Waals surface area contributed by atoms with Crippen molar-refractivity contribution in [1.29, 1.82) is 0 Å². The van der Waals surface area contributed by atoms with Crippen molar-refractivity contribution in [1.82, 2.24) is 0 Å². The molecule has 0 aromatic carbocycles. The van der Waals surface area contributed by atoms with Crippen LogP contribution in [-0.4, -0.2) is 71.5 Å². The first-order valence-corrected chi connectivity index (χ1v) is 11.0. The van der Waals surface area contributed by atoms with E-state index in [2.05, 4.69) is 4.18 Å². The predicted molar refractivity (Wildman–Crippen MR) is 87.5 cm³/mol. The van der Waals surface area contributed by atoms with Crippen LogP contribution in [0.25, 0.3) is 0 Å². The van der Waals surface area contributed by atoms with Crippen molar-refractivity contribution in [3.63, 3.8) is 0 Å². The molecule has 3 fully saturated rings. The molecule has 5 unspecified atom stereocenters. The first-order valence-electron chi connectivity index (χ1n) is 9.17. The van der Waals surface area contributed by atoms with Crippen molar-refractivity contribution in [2.45, 2.75) is 75.5 Å². The molecule has 0 aliphatic carbocycles. The molecule has 0 bridgehead atoms. The van der Waals surface area contributed by atoms with E-state index in [9.17, 15) is 17.2 Å². The Bertz CT molecular complexity index is 575. The SMILES string of the molecule is CS(=O)(=O)OC1OC(COC2CCCCO2)C(OC2CCCCO2)C1(F)F. The van der Waals surface area contributed by atoms with Crippen LogP contribution in [0.15, 0.2) is 0 Å². The highest BCUT2D eigenvalue weighted by atomic mass is 32.2. The molecular formula is C16H26F2O8S. The summed E-state index contributed by atoms with van der Waals surface area (Å²) in [5.41, 5.74) is 0. The molecule has 8 nitrogen and oxygen atoms in total. The lowest BCUT2D eigenvalue weighted by molar-refractivity contribution is -0.247. The van der Waals surface area contributed by atoms with E-state index in [1.165, 1.54) is 0 Å². The van der Waals surface area contributed by atoms with Gasteiger partial charge in [-0.3, -0.25) is 0 Å². The van der Waals surface area contributed by atoms with Gasteiger partial charge in [0.2, 0.25) is 6.29 Å². The van der Waals surface area contributed by atoms with Gasteiger partial charge in [-0.1, -0.05) is 0 Å². The first-order chi connectivity index (χ1) is 12.8. The van der Waals surface area contributed by atoms with E-state index in [-0.39, 0.29) is 6.61 Å². The van der Waals surface area contributed by atoms with Gasteiger partial charge in [0.15, 0.2) is 18.7 Å². The Hall–Kier alpha value is -0.430. The third-order valence-corrected chi connectivity index (χ3v) is 5.14. The molecule has 0 spiro atoms. The summed E-state index contributed by atoms with van der Waals surface area (Å²) >= 11 is 0. The lowest BCUT2D eigenvalue weighted by Crippen LogP contribution is -2.47. The van der Waals surface area contributed by atoms with Gasteiger partial charge < -0.3 is 23.7 Å². The van der Waals surface area contributed by atoms with Crippen LogP contribution in [0.4, 0.5) is 8.78 Å². The van der Waals surface area contributed by atoms with Crippen molar-refractivity contribution in [3.05, 3.63) is 0 Å². The summed E-state index contributed by atoms with van der Waals surface area (Å²) in [6.45, 7) is 0.730. The van der Waals surface area contributed by atoms with E-state index in [0.717, 1.165) is 25.7 Å². The van der Waals surface area contributed by atoms with Crippen molar-refractivity contribution in [3.8, 4) is 0 Å². The quantitative estimate of drug-likeness (QED) is 0.580. The molecule has 3 aliphatic rings. The predicted octanol–water partition coefficient (Wildman–Crippen LogP) is 1.78. The Morgan fingerprint density at radius 1 is 1.04 bits per heavy atom. The monoisotopic (exact) mass is 416 g/mol. The van der Waals surface area contributed by atoms with Crippen LogP contribution in [0.1, 0.15) is 38.5 Å². The summed E-state index contributed by atoms with van der Waals surface area (Å²) in [5.74, 6) is -3.69.